The van der Waals surface area contributed by atoms with Crippen LogP contribution in [0.5, 0.6) is 11.5 Å². The van der Waals surface area contributed by atoms with Crippen LogP contribution < -0.4 is 14.9 Å². The minimum atomic E-state index is 0.238. The van der Waals surface area contributed by atoms with Gasteiger partial charge in [0, 0.05) is 20.6 Å². The number of anilines is 1. The Kier molecular flexibility index (Phi) is 7.64. The molecule has 29 heavy (non-hydrogen) atoms. The molecule has 0 aromatic heterocycles. The van der Waals surface area contributed by atoms with Crippen LogP contribution in [0.4, 0.5) is 5.69 Å². The van der Waals surface area contributed by atoms with E-state index in [1.807, 2.05) is 37.3 Å². The third-order valence-electron chi connectivity index (χ3n) is 3.93. The highest BCUT2D eigenvalue weighted by molar-refractivity contribution is 6.36. The standard InChI is InChI=1S/C22H19Cl3N2O2/c1-2-28-22-11-15(13-26-27-17-6-3-5-16(23)12-17)9-10-21(22)29-14-18-19(24)7-4-8-20(18)25/h3-13,27H,2,14H2,1H3. The molecular formula is C22H19Cl3N2O2. The number of halogens is 3. The second-order valence-corrected chi connectivity index (χ2v) is 7.26. The Labute approximate surface area is 185 Å². The van der Waals surface area contributed by atoms with Crippen molar-refractivity contribution >= 4 is 46.7 Å². The lowest BCUT2D eigenvalue weighted by molar-refractivity contribution is 0.269. The van der Waals surface area contributed by atoms with Crippen molar-refractivity contribution in [2.24, 2.45) is 5.10 Å². The summed E-state index contributed by atoms with van der Waals surface area (Å²) < 4.78 is 11.6. The first-order valence-electron chi connectivity index (χ1n) is 8.94. The van der Waals surface area contributed by atoms with Crippen LogP contribution in [0.2, 0.25) is 15.1 Å². The molecule has 3 rings (SSSR count). The van der Waals surface area contributed by atoms with E-state index in [9.17, 15) is 0 Å². The van der Waals surface area contributed by atoms with Gasteiger partial charge in [0.2, 0.25) is 0 Å². The predicted molar refractivity (Wildman–Crippen MR) is 121 cm³/mol. The highest BCUT2D eigenvalue weighted by Gasteiger charge is 2.10. The number of nitrogens with one attached hydrogen (secondary N) is 1. The van der Waals surface area contributed by atoms with Gasteiger partial charge in [-0.05, 0) is 61.0 Å². The number of nitrogens with zero attached hydrogens (tertiary/aromatic N) is 1. The molecule has 0 spiro atoms. The fraction of sp³-hybridized carbons (Fsp3) is 0.136. The Hall–Kier alpha value is -2.40. The van der Waals surface area contributed by atoms with Crippen molar-refractivity contribution in [1.29, 1.82) is 0 Å². The minimum absolute atomic E-state index is 0.238. The first kappa shape index (κ1) is 21.3. The second-order valence-electron chi connectivity index (χ2n) is 6.01. The average Bonchev–Trinajstić information content (AvgIpc) is 2.69. The lowest BCUT2D eigenvalue weighted by Crippen LogP contribution is -2.01. The van der Waals surface area contributed by atoms with Crippen molar-refractivity contribution in [2.75, 3.05) is 12.0 Å². The zero-order valence-electron chi connectivity index (χ0n) is 15.7. The average molecular weight is 450 g/mol. The van der Waals surface area contributed by atoms with E-state index in [0.29, 0.717) is 33.2 Å². The summed E-state index contributed by atoms with van der Waals surface area (Å²) in [5, 5.41) is 6.00. The van der Waals surface area contributed by atoms with Crippen molar-refractivity contribution in [3.05, 3.63) is 86.9 Å². The molecule has 1 N–H and O–H groups in total. The third-order valence-corrected chi connectivity index (χ3v) is 4.88. The van der Waals surface area contributed by atoms with Gasteiger partial charge in [-0.3, -0.25) is 5.43 Å². The van der Waals surface area contributed by atoms with E-state index >= 15 is 0 Å². The van der Waals surface area contributed by atoms with Gasteiger partial charge in [-0.2, -0.15) is 5.10 Å². The fourth-order valence-electron chi connectivity index (χ4n) is 2.55. The van der Waals surface area contributed by atoms with Crippen LogP contribution in [-0.4, -0.2) is 12.8 Å². The van der Waals surface area contributed by atoms with Crippen LogP contribution in [0.15, 0.2) is 65.8 Å². The van der Waals surface area contributed by atoms with E-state index in [1.54, 1.807) is 36.5 Å². The van der Waals surface area contributed by atoms with Crippen LogP contribution in [0, 0.1) is 0 Å². The lowest BCUT2D eigenvalue weighted by atomic mass is 10.2. The zero-order valence-corrected chi connectivity index (χ0v) is 17.9. The maximum atomic E-state index is 6.21. The molecule has 4 nitrogen and oxygen atoms in total. The molecule has 0 unspecified atom stereocenters. The van der Waals surface area contributed by atoms with Gasteiger partial charge < -0.3 is 9.47 Å². The molecule has 0 heterocycles. The quantitative estimate of drug-likeness (QED) is 0.295. The summed E-state index contributed by atoms with van der Waals surface area (Å²) in [6, 6.07) is 18.3. The van der Waals surface area contributed by atoms with Crippen LogP contribution in [0.25, 0.3) is 0 Å². The van der Waals surface area contributed by atoms with Gasteiger partial charge in [-0.15, -0.1) is 0 Å². The highest BCUT2D eigenvalue weighted by atomic mass is 35.5. The molecule has 0 saturated heterocycles. The summed E-state index contributed by atoms with van der Waals surface area (Å²) in [5.41, 5.74) is 5.33. The molecule has 7 heteroatoms. The first-order chi connectivity index (χ1) is 14.1. The molecule has 3 aromatic carbocycles. The second kappa shape index (κ2) is 10.4. The van der Waals surface area contributed by atoms with E-state index in [2.05, 4.69) is 10.5 Å². The topological polar surface area (TPSA) is 42.8 Å². The molecule has 0 aliphatic heterocycles. The first-order valence-corrected chi connectivity index (χ1v) is 10.1. The predicted octanol–water partition coefficient (Wildman–Crippen LogP) is 7.07. The van der Waals surface area contributed by atoms with Gasteiger partial charge in [0.05, 0.1) is 18.5 Å². The van der Waals surface area contributed by atoms with Crippen LogP contribution in [-0.2, 0) is 6.61 Å². The number of rotatable bonds is 8. The summed E-state index contributed by atoms with van der Waals surface area (Å²) in [4.78, 5) is 0. The lowest BCUT2D eigenvalue weighted by Gasteiger charge is -2.14. The van der Waals surface area contributed by atoms with Gasteiger partial charge in [0.1, 0.15) is 6.61 Å². The molecule has 3 aromatic rings. The molecule has 0 amide bonds. The zero-order chi connectivity index (χ0) is 20.6. The Morgan fingerprint density at radius 1 is 0.897 bits per heavy atom. The Balaban J connectivity index is 1.71. The summed E-state index contributed by atoms with van der Waals surface area (Å²) in [6.45, 7) is 2.66. The Bertz CT molecular complexity index is 989. The maximum absolute atomic E-state index is 6.21. The van der Waals surface area contributed by atoms with Crippen molar-refractivity contribution in [3.63, 3.8) is 0 Å². The molecule has 0 bridgehead atoms. The molecule has 0 aliphatic carbocycles. The maximum Gasteiger partial charge on any atom is 0.161 e. The highest BCUT2D eigenvalue weighted by Crippen LogP contribution is 2.31. The van der Waals surface area contributed by atoms with E-state index in [1.165, 1.54) is 0 Å². The number of hydrogen-bond acceptors (Lipinski definition) is 4. The van der Waals surface area contributed by atoms with E-state index in [-0.39, 0.29) is 6.61 Å². The summed E-state index contributed by atoms with van der Waals surface area (Å²) in [6.07, 6.45) is 1.69. The molecule has 0 radical (unpaired) electrons. The van der Waals surface area contributed by atoms with Gasteiger partial charge in [0.25, 0.3) is 0 Å². The molecule has 0 aliphatic rings. The Morgan fingerprint density at radius 2 is 1.66 bits per heavy atom. The largest absolute Gasteiger partial charge is 0.490 e. The summed E-state index contributed by atoms with van der Waals surface area (Å²) in [7, 11) is 0. The minimum Gasteiger partial charge on any atom is -0.490 e. The van der Waals surface area contributed by atoms with Crippen LogP contribution >= 0.6 is 34.8 Å². The number of ether oxygens (including phenoxy) is 2. The van der Waals surface area contributed by atoms with Gasteiger partial charge >= 0.3 is 0 Å². The van der Waals surface area contributed by atoms with E-state index in [0.717, 1.165) is 16.8 Å². The molecular weight excluding hydrogens is 431 g/mol. The van der Waals surface area contributed by atoms with E-state index in [4.69, 9.17) is 44.3 Å². The van der Waals surface area contributed by atoms with Crippen molar-refractivity contribution in [2.45, 2.75) is 13.5 Å². The molecule has 150 valence electrons. The summed E-state index contributed by atoms with van der Waals surface area (Å²) >= 11 is 18.4. The molecule has 0 saturated carbocycles. The van der Waals surface area contributed by atoms with Crippen LogP contribution in [0.3, 0.4) is 0 Å². The number of benzene rings is 3. The van der Waals surface area contributed by atoms with Crippen molar-refractivity contribution < 1.29 is 9.47 Å². The SMILES string of the molecule is CCOc1cc(C=NNc2cccc(Cl)c2)ccc1OCc1c(Cl)cccc1Cl. The van der Waals surface area contributed by atoms with Gasteiger partial charge in [-0.25, -0.2) is 0 Å². The van der Waals surface area contributed by atoms with Gasteiger partial charge in [0.15, 0.2) is 11.5 Å². The molecule has 0 atom stereocenters. The summed E-state index contributed by atoms with van der Waals surface area (Å²) in [5.74, 6) is 1.21. The number of hydrazone groups is 1. The van der Waals surface area contributed by atoms with E-state index < -0.39 is 0 Å². The van der Waals surface area contributed by atoms with Crippen LogP contribution in [0.1, 0.15) is 18.1 Å². The normalized spacial score (nSPS) is 10.9. The smallest absolute Gasteiger partial charge is 0.161 e. The fourth-order valence-corrected chi connectivity index (χ4v) is 3.25. The number of hydrogen-bond donors (Lipinski definition) is 1. The van der Waals surface area contributed by atoms with Gasteiger partial charge in [-0.1, -0.05) is 46.9 Å². The third kappa shape index (κ3) is 6.04. The Morgan fingerprint density at radius 3 is 2.38 bits per heavy atom. The molecule has 0 fully saturated rings. The van der Waals surface area contributed by atoms with Crippen molar-refractivity contribution in [3.8, 4) is 11.5 Å². The van der Waals surface area contributed by atoms with Crippen molar-refractivity contribution in [1.82, 2.24) is 0 Å². The monoisotopic (exact) mass is 448 g/mol.